The number of thiazole rings is 1. The van der Waals surface area contributed by atoms with E-state index in [1.165, 1.54) is 0 Å². The molecule has 0 atom stereocenters. The Morgan fingerprint density at radius 1 is 1.32 bits per heavy atom. The Kier molecular flexibility index (Phi) is 4.13. The number of anilines is 1. The van der Waals surface area contributed by atoms with Crippen molar-refractivity contribution in [2.24, 2.45) is 7.05 Å². The van der Waals surface area contributed by atoms with Crippen LogP contribution in [0, 0.1) is 6.92 Å². The van der Waals surface area contributed by atoms with E-state index in [0.29, 0.717) is 5.69 Å². The van der Waals surface area contributed by atoms with E-state index in [-0.39, 0.29) is 5.91 Å². The molecule has 1 N–H and O–H groups in total. The highest BCUT2D eigenvalue weighted by atomic mass is 79.9. The lowest BCUT2D eigenvalue weighted by atomic mass is 10.2. The minimum absolute atomic E-state index is 0.136. The lowest BCUT2D eigenvalue weighted by Gasteiger charge is -2.05. The maximum Gasteiger partial charge on any atom is 0.272 e. The van der Waals surface area contributed by atoms with Crippen molar-refractivity contribution >= 4 is 38.9 Å². The first-order valence-electron chi connectivity index (χ1n) is 6.69. The molecule has 22 heavy (non-hydrogen) atoms. The standard InChI is InChI=1S/C16H14BrN3OS/c1-10-18-14(9-22-10)11-7-15(20(2)8-11)16(21)19-13-5-3-12(17)4-6-13/h3-9H,1-2H3,(H,19,21). The molecule has 0 radical (unpaired) electrons. The van der Waals surface area contributed by atoms with Gasteiger partial charge in [0.2, 0.25) is 0 Å². The van der Waals surface area contributed by atoms with Crippen LogP contribution in [-0.2, 0) is 7.05 Å². The summed E-state index contributed by atoms with van der Waals surface area (Å²) in [7, 11) is 1.86. The largest absolute Gasteiger partial charge is 0.346 e. The van der Waals surface area contributed by atoms with Gasteiger partial charge in [-0.1, -0.05) is 15.9 Å². The Morgan fingerprint density at radius 3 is 2.68 bits per heavy atom. The van der Waals surface area contributed by atoms with Gasteiger partial charge in [-0.2, -0.15) is 0 Å². The minimum Gasteiger partial charge on any atom is -0.346 e. The average Bonchev–Trinajstić information content (AvgIpc) is 3.07. The fourth-order valence-corrected chi connectivity index (χ4v) is 3.04. The molecule has 0 saturated heterocycles. The predicted molar refractivity (Wildman–Crippen MR) is 93.4 cm³/mol. The van der Waals surface area contributed by atoms with Crippen molar-refractivity contribution in [3.63, 3.8) is 0 Å². The van der Waals surface area contributed by atoms with Gasteiger partial charge >= 0.3 is 0 Å². The number of carbonyl (C=O) groups excluding carboxylic acids is 1. The van der Waals surface area contributed by atoms with Crippen molar-refractivity contribution < 1.29 is 4.79 Å². The smallest absolute Gasteiger partial charge is 0.272 e. The Hall–Kier alpha value is -1.92. The lowest BCUT2D eigenvalue weighted by Crippen LogP contribution is -2.15. The van der Waals surface area contributed by atoms with Gasteiger partial charge in [0.15, 0.2) is 0 Å². The fourth-order valence-electron chi connectivity index (χ4n) is 2.15. The Bertz CT molecular complexity index is 820. The van der Waals surface area contributed by atoms with Gasteiger partial charge in [0.25, 0.3) is 5.91 Å². The predicted octanol–water partition coefficient (Wildman–Crippen LogP) is 4.47. The fraction of sp³-hybridized carbons (Fsp3) is 0.125. The van der Waals surface area contributed by atoms with Crippen LogP contribution >= 0.6 is 27.3 Å². The molecule has 6 heteroatoms. The van der Waals surface area contributed by atoms with E-state index >= 15 is 0 Å². The van der Waals surface area contributed by atoms with Crippen LogP contribution in [0.25, 0.3) is 11.3 Å². The zero-order chi connectivity index (χ0) is 15.7. The zero-order valence-corrected chi connectivity index (χ0v) is 14.5. The maximum atomic E-state index is 12.4. The Morgan fingerprint density at radius 2 is 2.05 bits per heavy atom. The van der Waals surface area contributed by atoms with Crippen molar-refractivity contribution in [2.45, 2.75) is 6.92 Å². The van der Waals surface area contributed by atoms with E-state index < -0.39 is 0 Å². The number of nitrogens with zero attached hydrogens (tertiary/aromatic N) is 2. The molecule has 0 aliphatic carbocycles. The van der Waals surface area contributed by atoms with Crippen molar-refractivity contribution in [2.75, 3.05) is 5.32 Å². The summed E-state index contributed by atoms with van der Waals surface area (Å²) >= 11 is 4.98. The third-order valence-corrected chi connectivity index (χ3v) is 4.56. The van der Waals surface area contributed by atoms with Crippen molar-refractivity contribution in [1.29, 1.82) is 0 Å². The topological polar surface area (TPSA) is 46.9 Å². The van der Waals surface area contributed by atoms with Gasteiger partial charge in [-0.15, -0.1) is 11.3 Å². The van der Waals surface area contributed by atoms with Crippen LogP contribution in [0.15, 0.2) is 46.4 Å². The van der Waals surface area contributed by atoms with Gasteiger partial charge < -0.3 is 9.88 Å². The third-order valence-electron chi connectivity index (χ3n) is 3.25. The van der Waals surface area contributed by atoms with E-state index in [0.717, 1.165) is 26.4 Å². The van der Waals surface area contributed by atoms with Gasteiger partial charge in [-0.05, 0) is 37.3 Å². The average molecular weight is 376 g/mol. The normalized spacial score (nSPS) is 10.7. The van der Waals surface area contributed by atoms with Gasteiger partial charge in [-0.25, -0.2) is 4.98 Å². The molecule has 0 fully saturated rings. The minimum atomic E-state index is -0.136. The number of hydrogen-bond donors (Lipinski definition) is 1. The molecule has 0 spiro atoms. The second-order valence-corrected chi connectivity index (χ2v) is 6.92. The number of hydrogen-bond acceptors (Lipinski definition) is 3. The highest BCUT2D eigenvalue weighted by Gasteiger charge is 2.14. The summed E-state index contributed by atoms with van der Waals surface area (Å²) in [5.74, 6) is -0.136. The Labute approximate surface area is 140 Å². The molecule has 0 aliphatic rings. The summed E-state index contributed by atoms with van der Waals surface area (Å²) < 4.78 is 2.80. The number of rotatable bonds is 3. The molecule has 0 saturated carbocycles. The molecular weight excluding hydrogens is 362 g/mol. The van der Waals surface area contributed by atoms with Crippen LogP contribution < -0.4 is 5.32 Å². The van der Waals surface area contributed by atoms with Crippen LogP contribution in [0.5, 0.6) is 0 Å². The lowest BCUT2D eigenvalue weighted by molar-refractivity contribution is 0.101. The number of nitrogens with one attached hydrogen (secondary N) is 1. The summed E-state index contributed by atoms with van der Waals surface area (Å²) in [6.45, 7) is 1.97. The summed E-state index contributed by atoms with van der Waals surface area (Å²) in [6, 6.07) is 9.36. The quantitative estimate of drug-likeness (QED) is 0.733. The van der Waals surface area contributed by atoms with Gasteiger partial charge in [0, 0.05) is 34.3 Å². The number of halogens is 1. The number of benzene rings is 1. The molecular formula is C16H14BrN3OS. The van der Waals surface area contributed by atoms with E-state index in [1.807, 2.05) is 60.4 Å². The molecule has 112 valence electrons. The molecule has 3 rings (SSSR count). The van der Waals surface area contributed by atoms with Crippen molar-refractivity contribution in [3.8, 4) is 11.3 Å². The van der Waals surface area contributed by atoms with Crippen LogP contribution in [-0.4, -0.2) is 15.5 Å². The first kappa shape index (κ1) is 15.0. The van der Waals surface area contributed by atoms with Gasteiger partial charge in [0.05, 0.1) is 10.7 Å². The second kappa shape index (κ2) is 6.06. The van der Waals surface area contributed by atoms with Crippen LogP contribution in [0.4, 0.5) is 5.69 Å². The molecule has 0 bridgehead atoms. The molecule has 4 nitrogen and oxygen atoms in total. The molecule has 2 heterocycles. The van der Waals surface area contributed by atoms with E-state index in [4.69, 9.17) is 0 Å². The van der Waals surface area contributed by atoms with Crippen LogP contribution in [0.1, 0.15) is 15.5 Å². The van der Waals surface area contributed by atoms with Crippen LogP contribution in [0.3, 0.4) is 0 Å². The van der Waals surface area contributed by atoms with E-state index in [2.05, 4.69) is 26.2 Å². The number of carbonyl (C=O) groups is 1. The Balaban J connectivity index is 1.83. The van der Waals surface area contributed by atoms with E-state index in [1.54, 1.807) is 11.3 Å². The van der Waals surface area contributed by atoms with E-state index in [9.17, 15) is 4.79 Å². The summed E-state index contributed by atoms with van der Waals surface area (Å²) in [5, 5.41) is 5.91. The second-order valence-electron chi connectivity index (χ2n) is 4.94. The van der Waals surface area contributed by atoms with Crippen molar-refractivity contribution in [1.82, 2.24) is 9.55 Å². The monoisotopic (exact) mass is 375 g/mol. The molecule has 0 unspecified atom stereocenters. The third kappa shape index (κ3) is 3.13. The van der Waals surface area contributed by atoms with Gasteiger partial charge in [0.1, 0.15) is 5.69 Å². The molecule has 1 aromatic carbocycles. The summed E-state index contributed by atoms with van der Waals surface area (Å²) in [4.78, 5) is 16.9. The summed E-state index contributed by atoms with van der Waals surface area (Å²) in [6.07, 6.45) is 1.92. The molecule has 2 aromatic heterocycles. The molecule has 0 aliphatic heterocycles. The summed E-state index contributed by atoms with van der Waals surface area (Å²) in [5.41, 5.74) is 3.22. The highest BCUT2D eigenvalue weighted by Crippen LogP contribution is 2.24. The van der Waals surface area contributed by atoms with Crippen molar-refractivity contribution in [3.05, 3.63) is 57.1 Å². The van der Waals surface area contributed by atoms with Gasteiger partial charge in [-0.3, -0.25) is 4.79 Å². The molecule has 3 aromatic rings. The number of aromatic nitrogens is 2. The molecule has 1 amide bonds. The zero-order valence-electron chi connectivity index (χ0n) is 12.1. The maximum absolute atomic E-state index is 12.4. The number of aryl methyl sites for hydroxylation is 2. The SMILES string of the molecule is Cc1nc(-c2cc(C(=O)Nc3ccc(Br)cc3)n(C)c2)cs1. The number of amides is 1. The van der Waals surface area contributed by atoms with Crippen LogP contribution in [0.2, 0.25) is 0 Å². The first-order chi connectivity index (χ1) is 10.5. The first-order valence-corrected chi connectivity index (χ1v) is 8.36. The highest BCUT2D eigenvalue weighted by molar-refractivity contribution is 9.10.